The molecule has 1 rings (SSSR count). The van der Waals surface area contributed by atoms with Gasteiger partial charge in [-0.2, -0.15) is 0 Å². The Balaban J connectivity index is 2.59. The van der Waals surface area contributed by atoms with E-state index >= 15 is 0 Å². The van der Waals surface area contributed by atoms with E-state index in [9.17, 15) is 0 Å². The highest BCUT2D eigenvalue weighted by molar-refractivity contribution is 5.06. The highest BCUT2D eigenvalue weighted by Gasteiger charge is 1.85. The highest BCUT2D eigenvalue weighted by Crippen LogP contribution is 1.94. The van der Waals surface area contributed by atoms with Gasteiger partial charge in [0.2, 0.25) is 0 Å². The molecule has 0 aliphatic rings. The molecule has 0 spiro atoms. The predicted molar refractivity (Wildman–Crippen MR) is 39.7 cm³/mol. The lowest BCUT2D eigenvalue weighted by Crippen LogP contribution is -1.83. The highest BCUT2D eigenvalue weighted by atomic mass is 16.2. The molecule has 10 heavy (non-hydrogen) atoms. The Bertz CT molecular complexity index is 206. The first-order valence-corrected chi connectivity index (χ1v) is 3.12. The Labute approximate surface area is 59.9 Å². The van der Waals surface area contributed by atoms with Gasteiger partial charge in [0.15, 0.2) is 0 Å². The molecule has 0 aromatic carbocycles. The lowest BCUT2D eigenvalue weighted by molar-refractivity contribution is 0.471. The van der Waals surface area contributed by atoms with Gasteiger partial charge in [0.1, 0.15) is 0 Å². The summed E-state index contributed by atoms with van der Waals surface area (Å²) in [6.45, 7) is 0. The van der Waals surface area contributed by atoms with E-state index in [2.05, 4.69) is 4.98 Å². The Kier molecular flexibility index (Phi) is 2.49. The van der Waals surface area contributed by atoms with Crippen molar-refractivity contribution < 1.29 is 5.11 Å². The zero-order chi connectivity index (χ0) is 7.23. The van der Waals surface area contributed by atoms with E-state index in [-0.39, 0.29) is 0 Å². The van der Waals surface area contributed by atoms with E-state index < -0.39 is 0 Å². The van der Waals surface area contributed by atoms with Crippen molar-refractivity contribution >= 4 is 0 Å². The van der Waals surface area contributed by atoms with Gasteiger partial charge >= 0.3 is 0 Å². The van der Waals surface area contributed by atoms with Crippen LogP contribution < -0.4 is 0 Å². The van der Waals surface area contributed by atoms with Crippen molar-refractivity contribution in [2.75, 3.05) is 0 Å². The summed E-state index contributed by atoms with van der Waals surface area (Å²) in [6, 6.07) is 5.71. The Morgan fingerprint density at radius 1 is 1.50 bits per heavy atom. The monoisotopic (exact) mass is 135 g/mol. The van der Waals surface area contributed by atoms with E-state index in [1.165, 1.54) is 0 Å². The molecule has 1 aromatic heterocycles. The maximum atomic E-state index is 8.32. The molecule has 1 N–H and O–H groups in total. The van der Waals surface area contributed by atoms with Crippen molar-refractivity contribution in [3.63, 3.8) is 0 Å². The molecule has 0 saturated heterocycles. The summed E-state index contributed by atoms with van der Waals surface area (Å²) in [5.41, 5.74) is 0.966. The molecule has 0 unspecified atom stereocenters. The quantitative estimate of drug-likeness (QED) is 0.626. The maximum Gasteiger partial charge on any atom is 0.0755 e. The molecule has 0 aliphatic heterocycles. The molecule has 0 amide bonds. The minimum Gasteiger partial charge on any atom is -0.516 e. The first-order valence-electron chi connectivity index (χ1n) is 3.12. The first-order chi connectivity index (χ1) is 4.93. The van der Waals surface area contributed by atoms with Gasteiger partial charge in [-0.15, -0.1) is 0 Å². The average molecular weight is 135 g/mol. The lowest BCUT2D eigenvalue weighted by atomic mass is 10.3. The van der Waals surface area contributed by atoms with Crippen LogP contribution in [0.15, 0.2) is 36.7 Å². The lowest BCUT2D eigenvalue weighted by Gasteiger charge is -1.90. The number of aliphatic hydroxyl groups excluding tert-OH is 1. The van der Waals surface area contributed by atoms with Crippen molar-refractivity contribution in [1.82, 2.24) is 4.98 Å². The van der Waals surface area contributed by atoms with Crippen LogP contribution in [0.1, 0.15) is 5.69 Å². The Hall–Kier alpha value is -1.31. The minimum atomic E-state index is 0.692. The molecule has 2 heteroatoms. The third-order valence-corrected chi connectivity index (χ3v) is 1.16. The fraction of sp³-hybridized carbons (Fsp3) is 0.125. The normalized spacial score (nSPS) is 10.4. The number of nitrogens with zero attached hydrogens (tertiary/aromatic N) is 1. The van der Waals surface area contributed by atoms with Gasteiger partial charge in [-0.1, -0.05) is 6.07 Å². The fourth-order valence-corrected chi connectivity index (χ4v) is 0.692. The van der Waals surface area contributed by atoms with Crippen LogP contribution in [-0.2, 0) is 6.42 Å². The summed E-state index contributed by atoms with van der Waals surface area (Å²) in [4.78, 5) is 4.05. The van der Waals surface area contributed by atoms with Crippen molar-refractivity contribution in [3.8, 4) is 0 Å². The number of hydrogen-bond acceptors (Lipinski definition) is 2. The van der Waals surface area contributed by atoms with Gasteiger partial charge in [-0.05, 0) is 18.2 Å². The summed E-state index contributed by atoms with van der Waals surface area (Å²) in [5, 5.41) is 8.32. The van der Waals surface area contributed by atoms with E-state index in [1.807, 2.05) is 18.2 Å². The largest absolute Gasteiger partial charge is 0.516 e. The zero-order valence-electron chi connectivity index (χ0n) is 5.57. The van der Waals surface area contributed by atoms with Crippen LogP contribution >= 0.6 is 0 Å². The number of pyridine rings is 1. The van der Waals surface area contributed by atoms with Crippen LogP contribution in [0.2, 0.25) is 0 Å². The molecule has 0 fully saturated rings. The summed E-state index contributed by atoms with van der Waals surface area (Å²) < 4.78 is 0. The Morgan fingerprint density at radius 3 is 3.00 bits per heavy atom. The second-order valence-corrected chi connectivity index (χ2v) is 1.91. The smallest absolute Gasteiger partial charge is 0.0755 e. The van der Waals surface area contributed by atoms with Crippen molar-refractivity contribution in [3.05, 3.63) is 42.4 Å². The van der Waals surface area contributed by atoms with Gasteiger partial charge in [0, 0.05) is 18.3 Å². The molecule has 0 aliphatic carbocycles. The molecule has 52 valence electrons. The fourth-order valence-electron chi connectivity index (χ4n) is 0.692. The van der Waals surface area contributed by atoms with Crippen molar-refractivity contribution in [2.45, 2.75) is 6.42 Å². The number of rotatable bonds is 2. The van der Waals surface area contributed by atoms with Gasteiger partial charge in [-0.25, -0.2) is 0 Å². The molecule has 0 saturated carbocycles. The van der Waals surface area contributed by atoms with Crippen LogP contribution in [0, 0.1) is 0 Å². The molecule has 0 bridgehead atoms. The minimum absolute atomic E-state index is 0.692. The van der Waals surface area contributed by atoms with Gasteiger partial charge in [0.05, 0.1) is 6.26 Å². The van der Waals surface area contributed by atoms with E-state index in [4.69, 9.17) is 5.11 Å². The van der Waals surface area contributed by atoms with Crippen LogP contribution in [0.4, 0.5) is 0 Å². The average Bonchev–Trinajstić information content (AvgIpc) is 2.03. The summed E-state index contributed by atoms with van der Waals surface area (Å²) >= 11 is 0. The Morgan fingerprint density at radius 2 is 2.40 bits per heavy atom. The number of aromatic nitrogens is 1. The van der Waals surface area contributed by atoms with Crippen LogP contribution in [0.5, 0.6) is 0 Å². The van der Waals surface area contributed by atoms with Crippen LogP contribution in [0.3, 0.4) is 0 Å². The van der Waals surface area contributed by atoms with Gasteiger partial charge in [0.25, 0.3) is 0 Å². The number of aliphatic hydroxyl groups is 1. The van der Waals surface area contributed by atoms with Crippen LogP contribution in [-0.4, -0.2) is 10.1 Å². The molecule has 1 aromatic rings. The van der Waals surface area contributed by atoms with E-state index in [0.717, 1.165) is 12.0 Å². The topological polar surface area (TPSA) is 33.1 Å². The second-order valence-electron chi connectivity index (χ2n) is 1.91. The maximum absolute atomic E-state index is 8.32. The third kappa shape index (κ3) is 1.90. The summed E-state index contributed by atoms with van der Waals surface area (Å²) in [7, 11) is 0. The predicted octanol–water partition coefficient (Wildman–Crippen LogP) is 1.70. The molecule has 2 nitrogen and oxygen atoms in total. The van der Waals surface area contributed by atoms with Crippen molar-refractivity contribution in [2.24, 2.45) is 0 Å². The van der Waals surface area contributed by atoms with E-state index in [0.29, 0.717) is 6.42 Å². The third-order valence-electron chi connectivity index (χ3n) is 1.16. The number of allylic oxidation sites excluding steroid dienone is 1. The summed E-state index contributed by atoms with van der Waals surface area (Å²) in [5.74, 6) is 0. The summed E-state index contributed by atoms with van der Waals surface area (Å²) in [6.07, 6.45) is 5.12. The molecular formula is C8H9NO. The van der Waals surface area contributed by atoms with Gasteiger partial charge < -0.3 is 5.11 Å². The molecule has 0 atom stereocenters. The van der Waals surface area contributed by atoms with Crippen molar-refractivity contribution in [1.29, 1.82) is 0 Å². The second kappa shape index (κ2) is 3.67. The molecule has 1 heterocycles. The molecular weight excluding hydrogens is 126 g/mol. The van der Waals surface area contributed by atoms with Gasteiger partial charge in [-0.3, -0.25) is 4.98 Å². The number of hydrogen-bond donors (Lipinski definition) is 1. The zero-order valence-corrected chi connectivity index (χ0v) is 5.57. The first kappa shape index (κ1) is 6.81. The van der Waals surface area contributed by atoms with Crippen LogP contribution in [0.25, 0.3) is 0 Å². The standard InChI is InChI=1S/C8H9NO/c10-7-3-5-8-4-1-2-6-9-8/h1-4,6-7,10H,5H2. The molecule has 0 radical (unpaired) electrons. The van der Waals surface area contributed by atoms with E-state index in [1.54, 1.807) is 12.3 Å². The SMILES string of the molecule is OC=CCc1ccccn1.